The van der Waals surface area contributed by atoms with Crippen molar-refractivity contribution in [2.24, 2.45) is 5.92 Å². The SMILES string of the molecule is CC(=O)N1CCC(CSc2ccc(-c3ccc(C#N)cc3)c(F)c2)CC1. The summed E-state index contributed by atoms with van der Waals surface area (Å²) in [6, 6.07) is 14.3. The van der Waals surface area contributed by atoms with E-state index in [9.17, 15) is 9.18 Å². The molecule has 5 heteroatoms. The second-order valence-electron chi connectivity index (χ2n) is 6.59. The van der Waals surface area contributed by atoms with Crippen LogP contribution in [-0.2, 0) is 4.79 Å². The molecule has 0 spiro atoms. The summed E-state index contributed by atoms with van der Waals surface area (Å²) in [6.45, 7) is 3.27. The van der Waals surface area contributed by atoms with E-state index in [0.29, 0.717) is 17.0 Å². The molecule has 0 aromatic heterocycles. The topological polar surface area (TPSA) is 44.1 Å². The minimum absolute atomic E-state index is 0.150. The number of carbonyl (C=O) groups excluding carboxylic acids is 1. The van der Waals surface area contributed by atoms with Crippen molar-refractivity contribution in [3.63, 3.8) is 0 Å². The summed E-state index contributed by atoms with van der Waals surface area (Å²) < 4.78 is 14.5. The second-order valence-corrected chi connectivity index (χ2v) is 7.68. The third-order valence-electron chi connectivity index (χ3n) is 4.81. The molecule has 3 rings (SSSR count). The summed E-state index contributed by atoms with van der Waals surface area (Å²) in [5, 5.41) is 8.85. The van der Waals surface area contributed by atoms with Crippen LogP contribution in [0.5, 0.6) is 0 Å². The largest absolute Gasteiger partial charge is 0.343 e. The van der Waals surface area contributed by atoms with Crippen molar-refractivity contribution in [3.05, 3.63) is 53.8 Å². The van der Waals surface area contributed by atoms with Crippen LogP contribution >= 0.6 is 11.8 Å². The van der Waals surface area contributed by atoms with Crippen molar-refractivity contribution in [2.45, 2.75) is 24.7 Å². The van der Waals surface area contributed by atoms with Crippen LogP contribution in [0.1, 0.15) is 25.3 Å². The fourth-order valence-corrected chi connectivity index (χ4v) is 4.29. The number of likely N-dealkylation sites (tertiary alicyclic amines) is 1. The molecule has 0 aliphatic carbocycles. The zero-order valence-corrected chi connectivity index (χ0v) is 15.6. The lowest BCUT2D eigenvalue weighted by Gasteiger charge is -2.31. The molecule has 0 saturated carbocycles. The Labute approximate surface area is 157 Å². The normalized spacial score (nSPS) is 14.9. The van der Waals surface area contributed by atoms with E-state index in [1.54, 1.807) is 55.1 Å². The van der Waals surface area contributed by atoms with Crippen LogP contribution in [0.4, 0.5) is 4.39 Å². The average Bonchev–Trinajstić information content (AvgIpc) is 2.67. The van der Waals surface area contributed by atoms with Crippen molar-refractivity contribution in [1.29, 1.82) is 5.26 Å². The number of hydrogen-bond acceptors (Lipinski definition) is 3. The van der Waals surface area contributed by atoms with Gasteiger partial charge in [0.25, 0.3) is 0 Å². The number of halogens is 1. The first-order valence-corrected chi connectivity index (χ1v) is 9.74. The Kier molecular flexibility index (Phi) is 5.95. The van der Waals surface area contributed by atoms with Gasteiger partial charge in [-0.25, -0.2) is 4.39 Å². The van der Waals surface area contributed by atoms with E-state index in [1.165, 1.54) is 0 Å². The third-order valence-corrected chi connectivity index (χ3v) is 6.04. The lowest BCUT2D eigenvalue weighted by atomic mass is 9.99. The van der Waals surface area contributed by atoms with Gasteiger partial charge in [-0.2, -0.15) is 5.26 Å². The Balaban J connectivity index is 1.59. The lowest BCUT2D eigenvalue weighted by molar-refractivity contribution is -0.130. The zero-order chi connectivity index (χ0) is 18.5. The Morgan fingerprint density at radius 3 is 2.50 bits per heavy atom. The summed E-state index contributed by atoms with van der Waals surface area (Å²) in [6.07, 6.45) is 2.02. The van der Waals surface area contributed by atoms with Crippen molar-refractivity contribution < 1.29 is 9.18 Å². The number of piperidine rings is 1. The predicted octanol–water partition coefficient (Wildman–Crippen LogP) is 4.71. The lowest BCUT2D eigenvalue weighted by Crippen LogP contribution is -2.37. The van der Waals surface area contributed by atoms with Crippen LogP contribution in [0.2, 0.25) is 0 Å². The Morgan fingerprint density at radius 1 is 1.23 bits per heavy atom. The smallest absolute Gasteiger partial charge is 0.219 e. The highest BCUT2D eigenvalue weighted by Crippen LogP contribution is 2.30. The van der Waals surface area contributed by atoms with E-state index >= 15 is 0 Å². The van der Waals surface area contributed by atoms with E-state index in [4.69, 9.17) is 5.26 Å². The van der Waals surface area contributed by atoms with Gasteiger partial charge >= 0.3 is 0 Å². The van der Waals surface area contributed by atoms with Gasteiger partial charge in [0.1, 0.15) is 5.82 Å². The molecule has 1 aliphatic heterocycles. The van der Waals surface area contributed by atoms with Gasteiger partial charge in [-0.15, -0.1) is 11.8 Å². The summed E-state index contributed by atoms with van der Waals surface area (Å²) in [5.41, 5.74) is 1.89. The molecule has 1 fully saturated rings. The maximum atomic E-state index is 14.5. The molecular formula is C21H21FN2OS. The number of rotatable bonds is 4. The van der Waals surface area contributed by atoms with Crippen LogP contribution in [0, 0.1) is 23.1 Å². The average molecular weight is 368 g/mol. The van der Waals surface area contributed by atoms with Crippen molar-refractivity contribution in [1.82, 2.24) is 4.90 Å². The van der Waals surface area contributed by atoms with Crippen LogP contribution in [0.25, 0.3) is 11.1 Å². The maximum Gasteiger partial charge on any atom is 0.219 e. The van der Waals surface area contributed by atoms with Crippen LogP contribution in [-0.4, -0.2) is 29.6 Å². The molecule has 3 nitrogen and oxygen atoms in total. The standard InChI is InChI=1S/C21H21FN2OS/c1-15(25)24-10-8-17(9-11-24)14-26-19-6-7-20(21(22)12-19)18-4-2-16(13-23)3-5-18/h2-7,12,17H,8-11,14H2,1H3. The Hall–Kier alpha value is -2.32. The van der Waals surface area contributed by atoms with Gasteiger partial charge in [-0.1, -0.05) is 18.2 Å². The van der Waals surface area contributed by atoms with Crippen LogP contribution in [0.15, 0.2) is 47.4 Å². The number of benzene rings is 2. The molecule has 26 heavy (non-hydrogen) atoms. The predicted molar refractivity (Wildman–Crippen MR) is 102 cm³/mol. The molecule has 0 atom stereocenters. The Morgan fingerprint density at radius 2 is 1.92 bits per heavy atom. The van der Waals surface area contributed by atoms with E-state index in [0.717, 1.165) is 42.1 Å². The molecule has 0 N–H and O–H groups in total. The quantitative estimate of drug-likeness (QED) is 0.734. The molecule has 1 heterocycles. The highest BCUT2D eigenvalue weighted by Gasteiger charge is 2.20. The van der Waals surface area contributed by atoms with Crippen molar-refractivity contribution in [2.75, 3.05) is 18.8 Å². The van der Waals surface area contributed by atoms with E-state index in [-0.39, 0.29) is 11.7 Å². The van der Waals surface area contributed by atoms with E-state index in [2.05, 4.69) is 6.07 Å². The number of amides is 1. The second kappa shape index (κ2) is 8.37. The summed E-state index contributed by atoms with van der Waals surface area (Å²) in [5.74, 6) is 1.42. The number of nitrogens with zero attached hydrogens (tertiary/aromatic N) is 2. The van der Waals surface area contributed by atoms with Gasteiger partial charge in [0.05, 0.1) is 11.6 Å². The number of nitriles is 1. The van der Waals surface area contributed by atoms with Gasteiger partial charge in [0.2, 0.25) is 5.91 Å². The first kappa shape index (κ1) is 18.5. The fraction of sp³-hybridized carbons (Fsp3) is 0.333. The number of thioether (sulfide) groups is 1. The molecule has 134 valence electrons. The minimum Gasteiger partial charge on any atom is -0.343 e. The van der Waals surface area contributed by atoms with Crippen LogP contribution < -0.4 is 0 Å². The van der Waals surface area contributed by atoms with E-state index in [1.807, 2.05) is 11.0 Å². The van der Waals surface area contributed by atoms with Crippen molar-refractivity contribution in [3.8, 4) is 17.2 Å². The molecule has 2 aromatic rings. The van der Waals surface area contributed by atoms with Gasteiger partial charge in [-0.05, 0) is 48.6 Å². The molecule has 2 aromatic carbocycles. The van der Waals surface area contributed by atoms with Gasteiger partial charge in [-0.3, -0.25) is 4.79 Å². The highest BCUT2D eigenvalue weighted by atomic mass is 32.2. The Bertz CT molecular complexity index is 821. The molecule has 0 bridgehead atoms. The summed E-state index contributed by atoms with van der Waals surface area (Å²) in [7, 11) is 0. The molecule has 0 unspecified atom stereocenters. The summed E-state index contributed by atoms with van der Waals surface area (Å²) in [4.78, 5) is 14.2. The first-order valence-electron chi connectivity index (χ1n) is 8.75. The molecule has 0 radical (unpaired) electrons. The van der Waals surface area contributed by atoms with Gasteiger partial charge in [0.15, 0.2) is 0 Å². The van der Waals surface area contributed by atoms with Gasteiger partial charge < -0.3 is 4.90 Å². The monoisotopic (exact) mass is 368 g/mol. The van der Waals surface area contributed by atoms with Gasteiger partial charge in [0, 0.05) is 36.2 Å². The summed E-state index contributed by atoms with van der Waals surface area (Å²) >= 11 is 1.67. The number of hydrogen-bond donors (Lipinski definition) is 0. The third kappa shape index (κ3) is 4.44. The first-order chi connectivity index (χ1) is 12.6. The highest BCUT2D eigenvalue weighted by molar-refractivity contribution is 7.99. The molecule has 1 aliphatic rings. The van der Waals surface area contributed by atoms with Crippen LogP contribution in [0.3, 0.4) is 0 Å². The maximum absolute atomic E-state index is 14.5. The fourth-order valence-electron chi connectivity index (χ4n) is 3.17. The minimum atomic E-state index is -0.244. The molecular weight excluding hydrogens is 347 g/mol. The molecule has 1 saturated heterocycles. The van der Waals surface area contributed by atoms with Crippen molar-refractivity contribution >= 4 is 17.7 Å². The molecule has 1 amide bonds. The zero-order valence-electron chi connectivity index (χ0n) is 14.7. The number of carbonyl (C=O) groups is 1. The van der Waals surface area contributed by atoms with E-state index < -0.39 is 0 Å².